The third-order valence-corrected chi connectivity index (χ3v) is 8.75. The number of benzene rings is 3. The van der Waals surface area contributed by atoms with Gasteiger partial charge in [-0.15, -0.1) is 0 Å². The number of sulfonamides is 1. The Kier molecular flexibility index (Phi) is 8.46. The summed E-state index contributed by atoms with van der Waals surface area (Å²) in [5.74, 6) is 1.32. The number of carbonyl (C=O) groups excluding carboxylic acids is 1. The van der Waals surface area contributed by atoms with Crippen LogP contribution in [0.2, 0.25) is 0 Å². The molecule has 4 rings (SSSR count). The van der Waals surface area contributed by atoms with Crippen molar-refractivity contribution in [1.82, 2.24) is 4.90 Å². The highest BCUT2D eigenvalue weighted by Gasteiger charge is 2.25. The van der Waals surface area contributed by atoms with E-state index in [-0.39, 0.29) is 10.8 Å². The van der Waals surface area contributed by atoms with Crippen LogP contribution < -0.4 is 18.7 Å². The molecular formula is C29H35N3O5S. The van der Waals surface area contributed by atoms with Crippen LogP contribution in [0.25, 0.3) is 0 Å². The van der Waals surface area contributed by atoms with Crippen LogP contribution in [0, 0.1) is 6.92 Å². The molecule has 9 heteroatoms. The Labute approximate surface area is 225 Å². The van der Waals surface area contributed by atoms with Crippen molar-refractivity contribution in [3.8, 4) is 11.5 Å². The maximum atomic E-state index is 13.2. The second-order valence-electron chi connectivity index (χ2n) is 9.23. The summed E-state index contributed by atoms with van der Waals surface area (Å²) in [4.78, 5) is 17.3. The molecule has 1 amide bonds. The molecule has 1 fully saturated rings. The van der Waals surface area contributed by atoms with Crippen LogP contribution in [0.3, 0.4) is 0 Å². The normalized spacial score (nSPS) is 13.8. The van der Waals surface area contributed by atoms with Crippen molar-refractivity contribution < 1.29 is 22.7 Å². The van der Waals surface area contributed by atoms with Crippen molar-refractivity contribution in [2.45, 2.75) is 25.2 Å². The first kappa shape index (κ1) is 27.3. The van der Waals surface area contributed by atoms with E-state index in [2.05, 4.69) is 4.90 Å². The lowest BCUT2D eigenvalue weighted by molar-refractivity contribution is -0.130. The summed E-state index contributed by atoms with van der Waals surface area (Å²) in [5.41, 5.74) is 3.52. The molecule has 1 saturated heterocycles. The Bertz CT molecular complexity index is 1350. The molecule has 1 aliphatic heterocycles. The SMILES string of the molecule is CCN(c1ccc(N2CCN(C(=O)Cc3ccc(OC)c(OC)c3)CC2)cc1)S(=O)(=O)c1ccc(C)cc1. The molecule has 1 heterocycles. The standard InChI is InChI=1S/C29H35N3O5S/c1-5-32(38(34,35)26-13-6-22(2)7-14-26)25-11-9-24(10-12-25)30-16-18-31(19-17-30)29(33)21-23-8-15-27(36-3)28(20-23)37-4/h6-15,20H,5,16-19,21H2,1-4H3. The lowest BCUT2D eigenvalue weighted by Crippen LogP contribution is -2.49. The van der Waals surface area contributed by atoms with Gasteiger partial charge in [-0.25, -0.2) is 8.42 Å². The monoisotopic (exact) mass is 537 g/mol. The molecular weight excluding hydrogens is 502 g/mol. The quantitative estimate of drug-likeness (QED) is 0.409. The molecule has 0 unspecified atom stereocenters. The van der Waals surface area contributed by atoms with Gasteiger partial charge in [-0.05, 0) is 67.9 Å². The van der Waals surface area contributed by atoms with E-state index < -0.39 is 10.0 Å². The van der Waals surface area contributed by atoms with Crippen molar-refractivity contribution in [3.63, 3.8) is 0 Å². The maximum Gasteiger partial charge on any atom is 0.264 e. The summed E-state index contributed by atoms with van der Waals surface area (Å²) in [5, 5.41) is 0. The number of nitrogens with zero attached hydrogens (tertiary/aromatic N) is 3. The number of methoxy groups -OCH3 is 2. The van der Waals surface area contributed by atoms with Crippen LogP contribution in [-0.2, 0) is 21.2 Å². The number of aryl methyl sites for hydroxylation is 1. The van der Waals surface area contributed by atoms with E-state index in [9.17, 15) is 13.2 Å². The summed E-state index contributed by atoms with van der Waals surface area (Å²) in [6.45, 7) is 6.75. The van der Waals surface area contributed by atoms with Crippen LogP contribution in [0.5, 0.6) is 11.5 Å². The first-order chi connectivity index (χ1) is 18.3. The van der Waals surface area contributed by atoms with E-state index in [4.69, 9.17) is 9.47 Å². The molecule has 8 nitrogen and oxygen atoms in total. The Morgan fingerprint density at radius 2 is 1.50 bits per heavy atom. The molecule has 0 N–H and O–H groups in total. The lowest BCUT2D eigenvalue weighted by Gasteiger charge is -2.36. The molecule has 3 aromatic rings. The summed E-state index contributed by atoms with van der Waals surface area (Å²) >= 11 is 0. The van der Waals surface area contributed by atoms with Crippen molar-refractivity contribution in [3.05, 3.63) is 77.9 Å². The van der Waals surface area contributed by atoms with Crippen molar-refractivity contribution in [2.75, 3.05) is 56.1 Å². The van der Waals surface area contributed by atoms with Gasteiger partial charge in [0, 0.05) is 38.4 Å². The van der Waals surface area contributed by atoms with E-state index in [0.29, 0.717) is 56.3 Å². The molecule has 0 atom stereocenters. The number of rotatable bonds is 9. The minimum absolute atomic E-state index is 0.0760. The zero-order chi connectivity index (χ0) is 27.3. The van der Waals surface area contributed by atoms with Crippen LogP contribution in [0.1, 0.15) is 18.1 Å². The average Bonchev–Trinajstić information content (AvgIpc) is 2.94. The van der Waals surface area contributed by atoms with E-state index in [0.717, 1.165) is 16.8 Å². The second kappa shape index (κ2) is 11.8. The van der Waals surface area contributed by atoms with Gasteiger partial charge in [0.1, 0.15) is 0 Å². The van der Waals surface area contributed by atoms with Gasteiger partial charge in [0.2, 0.25) is 5.91 Å². The van der Waals surface area contributed by atoms with Gasteiger partial charge in [-0.1, -0.05) is 23.8 Å². The molecule has 0 bridgehead atoms. The van der Waals surface area contributed by atoms with Crippen molar-refractivity contribution in [2.24, 2.45) is 0 Å². The number of piperazine rings is 1. The van der Waals surface area contributed by atoms with Gasteiger partial charge >= 0.3 is 0 Å². The van der Waals surface area contributed by atoms with Crippen LogP contribution in [-0.4, -0.2) is 66.2 Å². The number of ether oxygens (including phenoxy) is 2. The molecule has 0 saturated carbocycles. The Hall–Kier alpha value is -3.72. The summed E-state index contributed by atoms with van der Waals surface area (Å²) in [7, 11) is -0.482. The van der Waals surface area contributed by atoms with E-state index in [1.165, 1.54) is 4.31 Å². The van der Waals surface area contributed by atoms with Gasteiger partial charge in [-0.2, -0.15) is 0 Å². The van der Waals surface area contributed by atoms with Gasteiger partial charge in [0.15, 0.2) is 11.5 Å². The minimum atomic E-state index is -3.65. The second-order valence-corrected chi connectivity index (χ2v) is 11.1. The predicted octanol–water partition coefficient (Wildman–Crippen LogP) is 4.12. The topological polar surface area (TPSA) is 79.4 Å². The Morgan fingerprint density at radius 1 is 0.868 bits per heavy atom. The van der Waals surface area contributed by atoms with E-state index in [1.54, 1.807) is 26.4 Å². The summed E-state index contributed by atoms with van der Waals surface area (Å²) < 4.78 is 38.5. The Morgan fingerprint density at radius 3 is 2.08 bits per heavy atom. The third-order valence-electron chi connectivity index (χ3n) is 6.83. The zero-order valence-electron chi connectivity index (χ0n) is 22.4. The van der Waals surface area contributed by atoms with Crippen LogP contribution in [0.4, 0.5) is 11.4 Å². The average molecular weight is 538 g/mol. The number of anilines is 2. The van der Waals surface area contributed by atoms with Crippen LogP contribution in [0.15, 0.2) is 71.6 Å². The van der Waals surface area contributed by atoms with Crippen LogP contribution >= 0.6 is 0 Å². The molecule has 0 aliphatic carbocycles. The first-order valence-electron chi connectivity index (χ1n) is 12.7. The summed E-state index contributed by atoms with van der Waals surface area (Å²) in [6, 6.07) is 20.0. The number of hydrogen-bond donors (Lipinski definition) is 0. The molecule has 3 aromatic carbocycles. The highest BCUT2D eigenvalue weighted by atomic mass is 32.2. The lowest BCUT2D eigenvalue weighted by atomic mass is 10.1. The van der Waals surface area contributed by atoms with E-state index >= 15 is 0 Å². The smallest absolute Gasteiger partial charge is 0.264 e. The molecule has 1 aliphatic rings. The fourth-order valence-electron chi connectivity index (χ4n) is 4.65. The van der Waals surface area contributed by atoms with Gasteiger partial charge in [-0.3, -0.25) is 9.10 Å². The Balaban J connectivity index is 1.37. The van der Waals surface area contributed by atoms with Gasteiger partial charge in [0.05, 0.1) is 31.2 Å². The van der Waals surface area contributed by atoms with Gasteiger partial charge in [0.25, 0.3) is 10.0 Å². The van der Waals surface area contributed by atoms with Crippen molar-refractivity contribution >= 4 is 27.3 Å². The molecule has 0 spiro atoms. The largest absolute Gasteiger partial charge is 0.493 e. The maximum absolute atomic E-state index is 13.2. The third kappa shape index (κ3) is 5.88. The fourth-order valence-corrected chi connectivity index (χ4v) is 6.12. The predicted molar refractivity (Wildman–Crippen MR) is 150 cm³/mol. The highest BCUT2D eigenvalue weighted by molar-refractivity contribution is 7.92. The zero-order valence-corrected chi connectivity index (χ0v) is 23.2. The number of carbonyl (C=O) groups is 1. The van der Waals surface area contributed by atoms with Gasteiger partial charge < -0.3 is 19.3 Å². The number of hydrogen-bond acceptors (Lipinski definition) is 6. The summed E-state index contributed by atoms with van der Waals surface area (Å²) in [6.07, 6.45) is 0.303. The molecule has 38 heavy (non-hydrogen) atoms. The highest BCUT2D eigenvalue weighted by Crippen LogP contribution is 2.29. The van der Waals surface area contributed by atoms with E-state index in [1.807, 2.05) is 73.3 Å². The number of amides is 1. The minimum Gasteiger partial charge on any atom is -0.493 e. The molecule has 202 valence electrons. The first-order valence-corrected chi connectivity index (χ1v) is 14.1. The van der Waals surface area contributed by atoms with Crippen molar-refractivity contribution in [1.29, 1.82) is 0 Å². The molecule has 0 aromatic heterocycles. The molecule has 0 radical (unpaired) electrons. The fraction of sp³-hybridized carbons (Fsp3) is 0.345.